The molecule has 8 rings (SSSR count). The zero-order valence-electron chi connectivity index (χ0n) is 29.4. The highest BCUT2D eigenvalue weighted by atomic mass is 19.4. The second-order valence-corrected chi connectivity index (χ2v) is 13.9. The Morgan fingerprint density at radius 2 is 0.552 bits per heavy atom. The van der Waals surface area contributed by atoms with Crippen LogP contribution in [-0.2, 0) is 10.8 Å². The van der Waals surface area contributed by atoms with Crippen molar-refractivity contribution in [2.24, 2.45) is 0 Å². The summed E-state index contributed by atoms with van der Waals surface area (Å²) in [7, 11) is 0. The van der Waals surface area contributed by atoms with Crippen LogP contribution in [0.1, 0.15) is 36.1 Å². The van der Waals surface area contributed by atoms with Crippen LogP contribution in [0.4, 0.5) is 95.6 Å². The van der Waals surface area contributed by atoms with Crippen LogP contribution in [0.25, 0.3) is 11.1 Å². The minimum Gasteiger partial charge on any atom is -0.304 e. The topological polar surface area (TPSA) is 6.48 Å². The van der Waals surface area contributed by atoms with Gasteiger partial charge in [-0.2, -0.15) is 26.3 Å². The largest absolute Gasteiger partial charge is 0.402 e. The molecule has 16 heteroatoms. The van der Waals surface area contributed by atoms with E-state index in [9.17, 15) is 26.3 Å². The van der Waals surface area contributed by atoms with Gasteiger partial charge in [-0.1, -0.05) is 72.8 Å². The highest BCUT2D eigenvalue weighted by molar-refractivity contribution is 5.90. The normalized spacial score (nSPS) is 15.4. The first kappa shape index (κ1) is 38.8. The van der Waals surface area contributed by atoms with E-state index in [-0.39, 0.29) is 0 Å². The van der Waals surface area contributed by atoms with E-state index in [0.29, 0.717) is 9.80 Å². The highest BCUT2D eigenvalue weighted by Crippen LogP contribution is 2.61. The van der Waals surface area contributed by atoms with Gasteiger partial charge >= 0.3 is 12.4 Å². The van der Waals surface area contributed by atoms with Crippen LogP contribution in [0.15, 0.2) is 97.1 Å². The van der Waals surface area contributed by atoms with Crippen molar-refractivity contribution in [3.8, 4) is 11.1 Å². The molecule has 0 atom stereocenters. The fourth-order valence-electron chi connectivity index (χ4n) is 8.08. The molecule has 0 unspecified atom stereocenters. The van der Waals surface area contributed by atoms with Crippen molar-refractivity contribution >= 4 is 34.1 Å². The van der Waals surface area contributed by atoms with Crippen LogP contribution in [0.2, 0.25) is 0 Å². The standard InChI is InChI=1S/C42H22F14N2/c1-39(41(51,52)53)19-11-3-7-15-23(19)57(24-16-8-4-12-20(24)39)37-33(47)29(43)27(30(44)34(37)48)28-31(45)35(49)38(36(50)32(28)46)58-25-17-9-5-13-21(25)40(2,42(54,55)56)22-14-6-10-18-26(22)58/h3-18H,1-2H3. The Bertz CT molecular complexity index is 2360. The molecule has 0 aliphatic carbocycles. The van der Waals surface area contributed by atoms with Gasteiger partial charge < -0.3 is 9.80 Å². The minimum atomic E-state index is -5.03. The lowest BCUT2D eigenvalue weighted by Crippen LogP contribution is -2.45. The Kier molecular flexibility index (Phi) is 8.51. The van der Waals surface area contributed by atoms with Crippen LogP contribution < -0.4 is 9.80 Å². The first-order valence-electron chi connectivity index (χ1n) is 17.0. The van der Waals surface area contributed by atoms with Crippen LogP contribution in [0, 0.1) is 46.5 Å². The Hall–Kier alpha value is -6.06. The van der Waals surface area contributed by atoms with Crippen LogP contribution in [0.5, 0.6) is 0 Å². The Balaban J connectivity index is 1.35. The summed E-state index contributed by atoms with van der Waals surface area (Å²) in [5, 5.41) is 0. The van der Waals surface area contributed by atoms with Crippen molar-refractivity contribution in [3.05, 3.63) is 166 Å². The highest BCUT2D eigenvalue weighted by Gasteiger charge is 2.59. The first-order chi connectivity index (χ1) is 27.2. The third-order valence-corrected chi connectivity index (χ3v) is 11.0. The van der Waals surface area contributed by atoms with Gasteiger partial charge in [0, 0.05) is 0 Å². The summed E-state index contributed by atoms with van der Waals surface area (Å²) in [6.45, 7) is 1.57. The van der Waals surface area contributed by atoms with E-state index in [1.165, 1.54) is 48.5 Å². The molecule has 0 N–H and O–H groups in total. The fraction of sp³-hybridized carbons (Fsp3) is 0.143. The molecule has 6 aromatic rings. The summed E-state index contributed by atoms with van der Waals surface area (Å²) in [5.41, 5.74) is -18.3. The smallest absolute Gasteiger partial charge is 0.304 e. The van der Waals surface area contributed by atoms with Gasteiger partial charge in [-0.15, -0.1) is 0 Å². The summed E-state index contributed by atoms with van der Waals surface area (Å²) in [4.78, 5) is 0.880. The monoisotopic (exact) mass is 820 g/mol. The second kappa shape index (κ2) is 12.7. The Labute approximate surface area is 319 Å². The van der Waals surface area contributed by atoms with Gasteiger partial charge in [0.15, 0.2) is 46.5 Å². The number of hydrogen-bond acceptors (Lipinski definition) is 2. The van der Waals surface area contributed by atoms with Crippen LogP contribution in [-0.4, -0.2) is 12.4 Å². The maximum Gasteiger partial charge on any atom is 0.402 e. The Morgan fingerprint density at radius 1 is 0.345 bits per heavy atom. The maximum atomic E-state index is 16.3. The van der Waals surface area contributed by atoms with Crippen molar-refractivity contribution in [1.29, 1.82) is 0 Å². The van der Waals surface area contributed by atoms with Crippen LogP contribution >= 0.6 is 0 Å². The molecular formula is C42H22F14N2. The molecule has 0 fully saturated rings. The van der Waals surface area contributed by atoms with Crippen molar-refractivity contribution < 1.29 is 61.5 Å². The van der Waals surface area contributed by atoms with E-state index in [1.807, 2.05) is 0 Å². The predicted octanol–water partition coefficient (Wildman–Crippen LogP) is 13.8. The molecule has 0 bridgehead atoms. The molecule has 298 valence electrons. The number of hydrogen-bond donors (Lipinski definition) is 0. The molecule has 0 saturated carbocycles. The van der Waals surface area contributed by atoms with Gasteiger partial charge in [-0.3, -0.25) is 0 Å². The number of nitrogens with zero attached hydrogens (tertiary/aromatic N) is 2. The summed E-state index contributed by atoms with van der Waals surface area (Å²) in [6.07, 6.45) is -10.1. The number of para-hydroxylation sites is 4. The van der Waals surface area contributed by atoms with E-state index in [0.717, 1.165) is 62.4 Å². The van der Waals surface area contributed by atoms with Crippen molar-refractivity contribution in [2.75, 3.05) is 9.80 Å². The lowest BCUT2D eigenvalue weighted by Gasteiger charge is -2.44. The van der Waals surface area contributed by atoms with Gasteiger partial charge in [-0.05, 0) is 60.4 Å². The molecule has 2 aliphatic rings. The number of anilines is 6. The molecule has 2 heterocycles. The van der Waals surface area contributed by atoms with Gasteiger partial charge in [0.25, 0.3) is 0 Å². The average Bonchev–Trinajstić information content (AvgIpc) is 3.19. The third kappa shape index (κ3) is 4.92. The van der Waals surface area contributed by atoms with Gasteiger partial charge in [-0.25, -0.2) is 35.1 Å². The number of benzene rings is 6. The average molecular weight is 821 g/mol. The molecule has 0 saturated heterocycles. The van der Waals surface area contributed by atoms with Crippen LogP contribution in [0.3, 0.4) is 0 Å². The lowest BCUT2D eigenvalue weighted by atomic mass is 9.71. The number of fused-ring (bicyclic) bond motifs is 4. The molecular weight excluding hydrogens is 798 g/mol. The minimum absolute atomic E-state index is 0.440. The van der Waals surface area contributed by atoms with E-state index in [2.05, 4.69) is 0 Å². The predicted molar refractivity (Wildman–Crippen MR) is 186 cm³/mol. The molecule has 58 heavy (non-hydrogen) atoms. The SMILES string of the molecule is CC1(C(F)(F)F)c2ccccc2N(c2c(F)c(F)c(-c3c(F)c(F)c(N4c5ccccc5C(C)(C(F)(F)F)c5ccccc54)c(F)c3F)c(F)c2F)c2ccccc21. The molecule has 2 nitrogen and oxygen atoms in total. The summed E-state index contributed by atoms with van der Waals surface area (Å²) < 4.78 is 219. The molecule has 0 spiro atoms. The van der Waals surface area contributed by atoms with E-state index >= 15 is 35.1 Å². The zero-order valence-corrected chi connectivity index (χ0v) is 29.4. The molecule has 2 aliphatic heterocycles. The van der Waals surface area contributed by atoms with E-state index < -0.39 is 137 Å². The Morgan fingerprint density at radius 3 is 0.759 bits per heavy atom. The summed E-state index contributed by atoms with van der Waals surface area (Å²) in [5.74, 6) is -20.0. The maximum absolute atomic E-state index is 16.3. The summed E-state index contributed by atoms with van der Waals surface area (Å²) in [6, 6.07) is 17.2. The van der Waals surface area contributed by atoms with Crippen molar-refractivity contribution in [3.63, 3.8) is 0 Å². The zero-order chi connectivity index (χ0) is 42.0. The fourth-order valence-corrected chi connectivity index (χ4v) is 8.08. The number of halogens is 14. The summed E-state index contributed by atoms with van der Waals surface area (Å²) >= 11 is 0. The second-order valence-electron chi connectivity index (χ2n) is 13.9. The number of alkyl halides is 6. The number of rotatable bonds is 3. The van der Waals surface area contributed by atoms with E-state index in [4.69, 9.17) is 0 Å². The van der Waals surface area contributed by atoms with Crippen molar-refractivity contribution in [2.45, 2.75) is 37.0 Å². The first-order valence-corrected chi connectivity index (χ1v) is 17.0. The van der Waals surface area contributed by atoms with Gasteiger partial charge in [0.05, 0.1) is 33.9 Å². The third-order valence-electron chi connectivity index (χ3n) is 11.0. The quantitative estimate of drug-likeness (QED) is 0.130. The van der Waals surface area contributed by atoms with E-state index in [1.54, 1.807) is 0 Å². The lowest BCUT2D eigenvalue weighted by molar-refractivity contribution is -0.173. The molecule has 0 amide bonds. The molecule has 6 aromatic carbocycles. The molecule has 0 aromatic heterocycles. The van der Waals surface area contributed by atoms with Gasteiger partial charge in [0.1, 0.15) is 22.2 Å². The van der Waals surface area contributed by atoms with Gasteiger partial charge in [0.2, 0.25) is 0 Å². The van der Waals surface area contributed by atoms with Crippen molar-refractivity contribution in [1.82, 2.24) is 0 Å². The molecule has 0 radical (unpaired) electrons.